The Morgan fingerprint density at radius 1 is 1.16 bits per heavy atom. The summed E-state index contributed by atoms with van der Waals surface area (Å²) in [6, 6.07) is 7.02. The van der Waals surface area contributed by atoms with Crippen molar-refractivity contribution in [2.45, 2.75) is 17.3 Å². The second-order valence-corrected chi connectivity index (χ2v) is 5.89. The Balaban J connectivity index is 1.53. The van der Waals surface area contributed by atoms with E-state index in [1.165, 1.54) is 6.26 Å². The number of fused-ring (bicyclic) bond motifs is 1. The molecule has 0 fully saturated rings. The van der Waals surface area contributed by atoms with Gasteiger partial charge in [-0.3, -0.25) is 4.79 Å². The normalized spacial score (nSPS) is 10.9. The maximum atomic E-state index is 12.4. The quantitative estimate of drug-likeness (QED) is 0.557. The van der Waals surface area contributed by atoms with Gasteiger partial charge in [0, 0.05) is 31.1 Å². The number of nitrogens with zero attached hydrogens (tertiary/aromatic N) is 4. The summed E-state index contributed by atoms with van der Waals surface area (Å²) < 4.78 is 10.7. The first kappa shape index (κ1) is 15.3. The summed E-state index contributed by atoms with van der Waals surface area (Å²) in [5.41, 5.74) is 1.88. The lowest BCUT2D eigenvalue weighted by Crippen LogP contribution is -2.12. The second-order valence-electron chi connectivity index (χ2n) is 4.97. The fourth-order valence-electron chi connectivity index (χ4n) is 2.17. The average molecular weight is 353 g/mol. The summed E-state index contributed by atoms with van der Waals surface area (Å²) in [4.78, 5) is 29.0. The number of nitrogens with one attached hydrogen (secondary N) is 1. The number of anilines is 1. The summed E-state index contributed by atoms with van der Waals surface area (Å²) in [5, 5.41) is 3.54. The Kier molecular flexibility index (Phi) is 3.90. The minimum absolute atomic E-state index is 0.149. The van der Waals surface area contributed by atoms with Crippen molar-refractivity contribution in [2.24, 2.45) is 0 Å². The molecule has 8 nitrogen and oxygen atoms in total. The topological polar surface area (TPSA) is 107 Å². The zero-order valence-electron chi connectivity index (χ0n) is 13.0. The van der Waals surface area contributed by atoms with Gasteiger partial charge in [-0.25, -0.2) is 15.0 Å². The Bertz CT molecular complexity index is 1040. The van der Waals surface area contributed by atoms with Gasteiger partial charge in [0.15, 0.2) is 22.3 Å². The number of benzene rings is 1. The van der Waals surface area contributed by atoms with Gasteiger partial charge >= 0.3 is 0 Å². The van der Waals surface area contributed by atoms with Gasteiger partial charge in [-0.2, -0.15) is 4.98 Å². The van der Waals surface area contributed by atoms with E-state index in [4.69, 9.17) is 8.83 Å². The van der Waals surface area contributed by atoms with Gasteiger partial charge in [0.1, 0.15) is 11.8 Å². The molecule has 25 heavy (non-hydrogen) atoms. The average Bonchev–Trinajstić information content (AvgIpc) is 3.22. The summed E-state index contributed by atoms with van der Waals surface area (Å²) in [5.74, 6) is 0.123. The Hall–Kier alpha value is -3.20. The van der Waals surface area contributed by atoms with E-state index in [1.807, 2.05) is 0 Å². The SMILES string of the molecule is Cc1nc2c(NC(=O)c3coc(Sc4ncccn4)n3)cccc2o1. The van der Waals surface area contributed by atoms with Crippen LogP contribution >= 0.6 is 11.8 Å². The van der Waals surface area contributed by atoms with Crippen molar-refractivity contribution in [3.63, 3.8) is 0 Å². The number of para-hydroxylation sites is 1. The number of hydrogen-bond acceptors (Lipinski definition) is 8. The van der Waals surface area contributed by atoms with Crippen LogP contribution in [0.3, 0.4) is 0 Å². The van der Waals surface area contributed by atoms with Crippen molar-refractivity contribution in [2.75, 3.05) is 5.32 Å². The highest BCUT2D eigenvalue weighted by Gasteiger charge is 2.16. The predicted molar refractivity (Wildman–Crippen MR) is 89.4 cm³/mol. The predicted octanol–water partition coefficient (Wildman–Crippen LogP) is 3.32. The largest absolute Gasteiger partial charge is 0.441 e. The van der Waals surface area contributed by atoms with Crippen LogP contribution in [-0.2, 0) is 0 Å². The molecule has 1 aromatic carbocycles. The summed E-state index contributed by atoms with van der Waals surface area (Å²) in [6.45, 7) is 1.75. The van der Waals surface area contributed by atoms with Crippen LogP contribution in [0, 0.1) is 6.92 Å². The summed E-state index contributed by atoms with van der Waals surface area (Å²) in [7, 11) is 0. The number of carbonyl (C=O) groups excluding carboxylic acids is 1. The van der Waals surface area contributed by atoms with Crippen LogP contribution in [0.15, 0.2) is 62.1 Å². The van der Waals surface area contributed by atoms with E-state index in [0.717, 1.165) is 11.8 Å². The smallest absolute Gasteiger partial charge is 0.277 e. The molecule has 124 valence electrons. The van der Waals surface area contributed by atoms with Gasteiger partial charge in [0.05, 0.1) is 5.69 Å². The van der Waals surface area contributed by atoms with Crippen molar-refractivity contribution in [3.05, 3.63) is 54.5 Å². The van der Waals surface area contributed by atoms with E-state index in [1.54, 1.807) is 43.6 Å². The molecule has 4 rings (SSSR count). The third-order valence-electron chi connectivity index (χ3n) is 3.21. The van der Waals surface area contributed by atoms with E-state index in [2.05, 4.69) is 25.3 Å². The molecule has 1 amide bonds. The lowest BCUT2D eigenvalue weighted by molar-refractivity contribution is 0.102. The van der Waals surface area contributed by atoms with Crippen LogP contribution in [-0.4, -0.2) is 25.8 Å². The van der Waals surface area contributed by atoms with Crippen molar-refractivity contribution in [1.82, 2.24) is 19.9 Å². The van der Waals surface area contributed by atoms with Crippen LogP contribution in [0.2, 0.25) is 0 Å². The summed E-state index contributed by atoms with van der Waals surface area (Å²) in [6.07, 6.45) is 4.52. The molecule has 3 aromatic heterocycles. The van der Waals surface area contributed by atoms with Crippen LogP contribution < -0.4 is 5.32 Å². The molecule has 4 aromatic rings. The molecule has 0 spiro atoms. The van der Waals surface area contributed by atoms with Gasteiger partial charge in [-0.05, 0) is 18.2 Å². The minimum atomic E-state index is -0.405. The highest BCUT2D eigenvalue weighted by molar-refractivity contribution is 7.98. The second kappa shape index (κ2) is 6.36. The van der Waals surface area contributed by atoms with Crippen molar-refractivity contribution < 1.29 is 13.6 Å². The molecule has 0 aliphatic rings. The van der Waals surface area contributed by atoms with Crippen LogP contribution in [0.1, 0.15) is 16.4 Å². The van der Waals surface area contributed by atoms with Crippen molar-refractivity contribution in [1.29, 1.82) is 0 Å². The zero-order valence-corrected chi connectivity index (χ0v) is 13.8. The minimum Gasteiger partial charge on any atom is -0.441 e. The maximum Gasteiger partial charge on any atom is 0.277 e. The first-order valence-electron chi connectivity index (χ1n) is 7.27. The van der Waals surface area contributed by atoms with Crippen molar-refractivity contribution >= 4 is 34.5 Å². The van der Waals surface area contributed by atoms with E-state index in [9.17, 15) is 4.79 Å². The Morgan fingerprint density at radius 3 is 2.84 bits per heavy atom. The fraction of sp³-hybridized carbons (Fsp3) is 0.0625. The molecule has 0 radical (unpaired) electrons. The van der Waals surface area contributed by atoms with E-state index in [-0.39, 0.29) is 10.9 Å². The van der Waals surface area contributed by atoms with Gasteiger partial charge < -0.3 is 14.2 Å². The number of aromatic nitrogens is 4. The van der Waals surface area contributed by atoms with Gasteiger partial charge in [-0.15, -0.1) is 0 Å². The molecular weight excluding hydrogens is 342 g/mol. The first-order valence-corrected chi connectivity index (χ1v) is 8.08. The van der Waals surface area contributed by atoms with Crippen molar-refractivity contribution in [3.8, 4) is 0 Å². The molecule has 0 aliphatic heterocycles. The molecule has 0 atom stereocenters. The lowest BCUT2D eigenvalue weighted by Gasteiger charge is -2.02. The van der Waals surface area contributed by atoms with E-state index < -0.39 is 5.91 Å². The first-order chi connectivity index (χ1) is 12.2. The molecular formula is C16H11N5O3S. The number of rotatable bonds is 4. The van der Waals surface area contributed by atoms with E-state index in [0.29, 0.717) is 27.8 Å². The Morgan fingerprint density at radius 2 is 2.00 bits per heavy atom. The van der Waals surface area contributed by atoms with E-state index >= 15 is 0 Å². The van der Waals surface area contributed by atoms with Crippen LogP contribution in [0.25, 0.3) is 11.1 Å². The van der Waals surface area contributed by atoms with Crippen LogP contribution in [0.5, 0.6) is 0 Å². The summed E-state index contributed by atoms with van der Waals surface area (Å²) >= 11 is 1.13. The van der Waals surface area contributed by atoms with Gasteiger partial charge in [0.25, 0.3) is 11.1 Å². The highest BCUT2D eigenvalue weighted by atomic mass is 32.2. The lowest BCUT2D eigenvalue weighted by atomic mass is 10.2. The Labute approximate surface area is 145 Å². The standard InChI is InChI=1S/C16H11N5O3S/c1-9-19-13-10(4-2-5-12(13)24-9)20-14(22)11-8-23-16(21-11)25-15-17-6-3-7-18-15/h2-8H,1H3,(H,20,22). The number of hydrogen-bond donors (Lipinski definition) is 1. The third kappa shape index (κ3) is 3.22. The van der Waals surface area contributed by atoms with Crippen LogP contribution in [0.4, 0.5) is 5.69 Å². The molecule has 9 heteroatoms. The highest BCUT2D eigenvalue weighted by Crippen LogP contribution is 2.25. The maximum absolute atomic E-state index is 12.4. The molecule has 0 unspecified atom stereocenters. The number of oxazole rings is 2. The monoisotopic (exact) mass is 353 g/mol. The fourth-order valence-corrected chi connectivity index (χ4v) is 2.79. The molecule has 0 saturated heterocycles. The van der Waals surface area contributed by atoms with Gasteiger partial charge in [-0.1, -0.05) is 6.07 Å². The number of carbonyl (C=O) groups is 1. The number of amides is 1. The molecule has 1 N–H and O–H groups in total. The third-order valence-corrected chi connectivity index (χ3v) is 3.97. The molecule has 0 bridgehead atoms. The zero-order chi connectivity index (χ0) is 17.2. The molecule has 0 aliphatic carbocycles. The van der Waals surface area contributed by atoms with Gasteiger partial charge in [0.2, 0.25) is 0 Å². The number of aryl methyl sites for hydroxylation is 1. The molecule has 3 heterocycles. The molecule has 0 saturated carbocycles.